The van der Waals surface area contributed by atoms with Gasteiger partial charge in [0.15, 0.2) is 0 Å². The molecule has 2 fully saturated rings. The molecule has 0 bridgehead atoms. The molecule has 0 radical (unpaired) electrons. The number of rotatable bonds is 7. The number of amides is 1. The molecule has 4 nitrogen and oxygen atoms in total. The molecule has 2 aliphatic rings. The monoisotopic (exact) mass is 443 g/mol. The predicted octanol–water partition coefficient (Wildman–Crippen LogP) is 4.55. The number of carbonyl (C=O) groups excluding carboxylic acids is 1. The number of likely N-dealkylation sites (tertiary alicyclic amines) is 1. The van der Waals surface area contributed by atoms with Crippen molar-refractivity contribution in [2.75, 3.05) is 19.6 Å². The number of piperidine rings is 2. The van der Waals surface area contributed by atoms with E-state index in [1.807, 2.05) is 0 Å². The second-order valence-corrected chi connectivity index (χ2v) is 8.65. The third-order valence-corrected chi connectivity index (χ3v) is 6.56. The summed E-state index contributed by atoms with van der Waals surface area (Å²) in [7, 11) is 0. The third-order valence-electron chi connectivity index (χ3n) is 6.56. The molecule has 1 aromatic rings. The van der Waals surface area contributed by atoms with Crippen molar-refractivity contribution >= 4 is 30.7 Å². The fraction of sp³-hybridized carbons (Fsp3) is 0.696. The molecule has 3 unspecified atom stereocenters. The standard InChI is InChI=1S/C23H37N3O.2ClH/c1-18(20-11-7-12-24-15-20)14-23(27)25-16-21-9-3-4-10-22(21)17-26-13-6-5-8-19(26)2;;/h3-4,9-10,18-20,24H,5-8,11-17H2,1-2H3,(H,25,27);2*1H. The minimum atomic E-state index is 0. The number of halogens is 2. The van der Waals surface area contributed by atoms with Crippen molar-refractivity contribution in [3.8, 4) is 0 Å². The van der Waals surface area contributed by atoms with Crippen LogP contribution in [0.15, 0.2) is 24.3 Å². The van der Waals surface area contributed by atoms with E-state index in [-0.39, 0.29) is 30.7 Å². The molecule has 166 valence electrons. The topological polar surface area (TPSA) is 44.4 Å². The Morgan fingerprint density at radius 2 is 1.93 bits per heavy atom. The van der Waals surface area contributed by atoms with Crippen LogP contribution in [0.5, 0.6) is 0 Å². The first-order valence-corrected chi connectivity index (χ1v) is 10.9. The molecule has 0 saturated carbocycles. The van der Waals surface area contributed by atoms with Gasteiger partial charge in [0.25, 0.3) is 0 Å². The Kier molecular flexibility index (Phi) is 12.2. The molecule has 2 aliphatic heterocycles. The van der Waals surface area contributed by atoms with E-state index < -0.39 is 0 Å². The number of benzene rings is 1. The normalized spacial score (nSPS) is 23.4. The first-order valence-electron chi connectivity index (χ1n) is 10.9. The Hall–Kier alpha value is -0.810. The fourth-order valence-electron chi connectivity index (χ4n) is 4.59. The van der Waals surface area contributed by atoms with Crippen molar-refractivity contribution in [1.82, 2.24) is 15.5 Å². The molecule has 1 amide bonds. The number of nitrogens with zero attached hydrogens (tertiary/aromatic N) is 1. The number of hydrogen-bond donors (Lipinski definition) is 2. The molecule has 3 rings (SSSR count). The summed E-state index contributed by atoms with van der Waals surface area (Å²) in [5.41, 5.74) is 2.62. The molecule has 1 aromatic carbocycles. The number of hydrogen-bond acceptors (Lipinski definition) is 3. The summed E-state index contributed by atoms with van der Waals surface area (Å²) in [5.74, 6) is 1.27. The Balaban J connectivity index is 0.00000210. The highest BCUT2D eigenvalue weighted by molar-refractivity contribution is 5.85. The van der Waals surface area contributed by atoms with E-state index in [0.29, 0.717) is 30.8 Å². The van der Waals surface area contributed by atoms with Crippen LogP contribution in [0.2, 0.25) is 0 Å². The van der Waals surface area contributed by atoms with E-state index >= 15 is 0 Å². The van der Waals surface area contributed by atoms with Gasteiger partial charge in [0, 0.05) is 25.6 Å². The summed E-state index contributed by atoms with van der Waals surface area (Å²) < 4.78 is 0. The van der Waals surface area contributed by atoms with Crippen LogP contribution < -0.4 is 10.6 Å². The smallest absolute Gasteiger partial charge is 0.220 e. The first kappa shape index (κ1) is 26.2. The highest BCUT2D eigenvalue weighted by Crippen LogP contribution is 2.23. The second-order valence-electron chi connectivity index (χ2n) is 8.65. The van der Waals surface area contributed by atoms with Crippen LogP contribution in [0, 0.1) is 11.8 Å². The van der Waals surface area contributed by atoms with Gasteiger partial charge in [-0.05, 0) is 75.2 Å². The van der Waals surface area contributed by atoms with Gasteiger partial charge in [-0.15, -0.1) is 24.8 Å². The zero-order valence-electron chi connectivity index (χ0n) is 18.0. The Morgan fingerprint density at radius 1 is 1.17 bits per heavy atom. The maximum Gasteiger partial charge on any atom is 0.220 e. The van der Waals surface area contributed by atoms with E-state index in [0.717, 1.165) is 19.6 Å². The molecular formula is C23H39Cl2N3O. The Bertz CT molecular complexity index is 608. The summed E-state index contributed by atoms with van der Waals surface area (Å²) in [4.78, 5) is 15.1. The molecule has 0 spiro atoms. The lowest BCUT2D eigenvalue weighted by Crippen LogP contribution is -2.37. The fourth-order valence-corrected chi connectivity index (χ4v) is 4.59. The van der Waals surface area contributed by atoms with Crippen molar-refractivity contribution in [2.45, 2.75) is 71.5 Å². The molecule has 2 heterocycles. The average Bonchev–Trinajstić information content (AvgIpc) is 2.69. The quantitative estimate of drug-likeness (QED) is 0.649. The van der Waals surface area contributed by atoms with Gasteiger partial charge >= 0.3 is 0 Å². The van der Waals surface area contributed by atoms with Gasteiger partial charge in [0.05, 0.1) is 0 Å². The summed E-state index contributed by atoms with van der Waals surface area (Å²) in [6.45, 7) is 9.58. The van der Waals surface area contributed by atoms with Gasteiger partial charge in [0.2, 0.25) is 5.91 Å². The lowest BCUT2D eigenvalue weighted by atomic mass is 9.85. The molecule has 6 heteroatoms. The summed E-state index contributed by atoms with van der Waals surface area (Å²) in [6.07, 6.45) is 7.07. The minimum absolute atomic E-state index is 0. The summed E-state index contributed by atoms with van der Waals surface area (Å²) in [5, 5.41) is 6.64. The minimum Gasteiger partial charge on any atom is -0.352 e. The first-order chi connectivity index (χ1) is 13.1. The van der Waals surface area contributed by atoms with E-state index in [1.54, 1.807) is 0 Å². The highest BCUT2D eigenvalue weighted by Gasteiger charge is 2.22. The lowest BCUT2D eigenvalue weighted by molar-refractivity contribution is -0.122. The Labute approximate surface area is 189 Å². The lowest BCUT2D eigenvalue weighted by Gasteiger charge is -2.33. The van der Waals surface area contributed by atoms with E-state index in [2.05, 4.69) is 53.6 Å². The summed E-state index contributed by atoms with van der Waals surface area (Å²) >= 11 is 0. The zero-order chi connectivity index (χ0) is 19.1. The molecule has 2 saturated heterocycles. The SMILES string of the molecule is CC(CC(=O)NCc1ccccc1CN1CCCCC1C)C1CCCNC1.Cl.Cl. The Morgan fingerprint density at radius 3 is 2.62 bits per heavy atom. The maximum absolute atomic E-state index is 12.5. The van der Waals surface area contributed by atoms with Crippen LogP contribution in [0.25, 0.3) is 0 Å². The molecule has 2 N–H and O–H groups in total. The van der Waals surface area contributed by atoms with Crippen LogP contribution in [0.1, 0.15) is 63.5 Å². The van der Waals surface area contributed by atoms with E-state index in [9.17, 15) is 4.79 Å². The van der Waals surface area contributed by atoms with Gasteiger partial charge in [-0.25, -0.2) is 0 Å². The van der Waals surface area contributed by atoms with Gasteiger partial charge in [0.1, 0.15) is 0 Å². The third kappa shape index (κ3) is 8.09. The van der Waals surface area contributed by atoms with Gasteiger partial charge in [-0.1, -0.05) is 37.6 Å². The zero-order valence-corrected chi connectivity index (χ0v) is 19.6. The number of nitrogens with one attached hydrogen (secondary N) is 2. The predicted molar refractivity (Wildman–Crippen MR) is 126 cm³/mol. The molecular weight excluding hydrogens is 405 g/mol. The highest BCUT2D eigenvalue weighted by atomic mass is 35.5. The molecule has 29 heavy (non-hydrogen) atoms. The molecule has 0 aromatic heterocycles. The average molecular weight is 444 g/mol. The van der Waals surface area contributed by atoms with Gasteiger partial charge in [-0.2, -0.15) is 0 Å². The van der Waals surface area contributed by atoms with Crippen LogP contribution in [-0.2, 0) is 17.9 Å². The van der Waals surface area contributed by atoms with Crippen LogP contribution in [0.3, 0.4) is 0 Å². The number of carbonyl (C=O) groups is 1. The second kappa shape index (κ2) is 13.5. The van der Waals surface area contributed by atoms with Crippen molar-refractivity contribution in [1.29, 1.82) is 0 Å². The maximum atomic E-state index is 12.5. The van der Waals surface area contributed by atoms with Gasteiger partial charge < -0.3 is 10.6 Å². The summed E-state index contributed by atoms with van der Waals surface area (Å²) in [6, 6.07) is 9.25. The van der Waals surface area contributed by atoms with Crippen LogP contribution in [0.4, 0.5) is 0 Å². The van der Waals surface area contributed by atoms with Crippen molar-refractivity contribution in [2.24, 2.45) is 11.8 Å². The van der Waals surface area contributed by atoms with Crippen LogP contribution in [-0.4, -0.2) is 36.5 Å². The van der Waals surface area contributed by atoms with Crippen molar-refractivity contribution < 1.29 is 4.79 Å². The largest absolute Gasteiger partial charge is 0.352 e. The van der Waals surface area contributed by atoms with E-state index in [1.165, 1.54) is 49.8 Å². The van der Waals surface area contributed by atoms with Crippen LogP contribution >= 0.6 is 24.8 Å². The van der Waals surface area contributed by atoms with Crippen molar-refractivity contribution in [3.05, 3.63) is 35.4 Å². The van der Waals surface area contributed by atoms with E-state index in [4.69, 9.17) is 0 Å². The van der Waals surface area contributed by atoms with Gasteiger partial charge in [-0.3, -0.25) is 9.69 Å². The molecule has 3 atom stereocenters. The molecule has 0 aliphatic carbocycles. The van der Waals surface area contributed by atoms with Crippen molar-refractivity contribution in [3.63, 3.8) is 0 Å².